The van der Waals surface area contributed by atoms with Crippen molar-refractivity contribution in [1.82, 2.24) is 25.2 Å². The maximum Gasteiger partial charge on any atom is 0.132 e. The summed E-state index contributed by atoms with van der Waals surface area (Å²) in [6.45, 7) is 2.19. The lowest BCUT2D eigenvalue weighted by molar-refractivity contribution is 0.132. The predicted molar refractivity (Wildman–Crippen MR) is 114 cm³/mol. The molecule has 31 heavy (non-hydrogen) atoms. The fourth-order valence-corrected chi connectivity index (χ4v) is 4.11. The number of hydrogen-bond acceptors (Lipinski definition) is 8. The van der Waals surface area contributed by atoms with Gasteiger partial charge in [0.1, 0.15) is 23.7 Å². The van der Waals surface area contributed by atoms with Crippen LogP contribution in [0.1, 0.15) is 24.1 Å². The summed E-state index contributed by atoms with van der Waals surface area (Å²) in [4.78, 5) is 16.3. The quantitative estimate of drug-likeness (QED) is 0.641. The Morgan fingerprint density at radius 1 is 1.39 bits per heavy atom. The van der Waals surface area contributed by atoms with E-state index in [0.717, 1.165) is 24.5 Å². The number of nitrogens with zero attached hydrogens (tertiary/aromatic N) is 5. The molecule has 2 aromatic heterocycles. The number of anilines is 1. The SMILES string of the molecule is Cn1cc(C2=C(F)CC(N)C(C(=N)c3cc(N4CCC5=C(CNO5)C4)ncn3)=C2)cn1. The first-order chi connectivity index (χ1) is 15.0. The molecule has 4 N–H and O–H groups in total. The summed E-state index contributed by atoms with van der Waals surface area (Å²) in [5.41, 5.74) is 12.6. The summed E-state index contributed by atoms with van der Waals surface area (Å²) in [7, 11) is 1.78. The molecule has 0 spiro atoms. The Hall–Kier alpha value is -3.37. The van der Waals surface area contributed by atoms with Gasteiger partial charge in [-0.1, -0.05) is 0 Å². The molecular weight excluding hydrogens is 399 g/mol. The molecular formula is C21H23FN8O. The molecule has 0 saturated heterocycles. The van der Waals surface area contributed by atoms with Gasteiger partial charge in [0.2, 0.25) is 0 Å². The van der Waals surface area contributed by atoms with E-state index >= 15 is 0 Å². The first-order valence-corrected chi connectivity index (χ1v) is 10.1. The van der Waals surface area contributed by atoms with E-state index in [1.54, 1.807) is 36.3 Å². The zero-order chi connectivity index (χ0) is 21.5. The van der Waals surface area contributed by atoms with Crippen LogP contribution in [0.2, 0.25) is 0 Å². The summed E-state index contributed by atoms with van der Waals surface area (Å²) in [5, 5.41) is 12.9. The fraction of sp³-hybridized carbons (Fsp3) is 0.333. The van der Waals surface area contributed by atoms with E-state index < -0.39 is 6.04 Å². The van der Waals surface area contributed by atoms with E-state index in [2.05, 4.69) is 25.4 Å². The number of allylic oxidation sites excluding steroid dienone is 2. The summed E-state index contributed by atoms with van der Waals surface area (Å²) in [6.07, 6.45) is 7.28. The molecule has 0 radical (unpaired) electrons. The molecule has 0 saturated carbocycles. The molecule has 0 fully saturated rings. The molecule has 10 heteroatoms. The fourth-order valence-electron chi connectivity index (χ4n) is 4.11. The molecule has 2 aliphatic heterocycles. The van der Waals surface area contributed by atoms with Crippen LogP contribution < -0.4 is 16.1 Å². The second-order valence-electron chi connectivity index (χ2n) is 7.89. The maximum absolute atomic E-state index is 14.6. The normalized spacial score (nSPS) is 21.2. The van der Waals surface area contributed by atoms with E-state index in [-0.39, 0.29) is 18.0 Å². The minimum Gasteiger partial charge on any atom is -0.413 e. The van der Waals surface area contributed by atoms with E-state index in [1.165, 1.54) is 11.9 Å². The van der Waals surface area contributed by atoms with Gasteiger partial charge in [-0.15, -0.1) is 0 Å². The maximum atomic E-state index is 14.6. The van der Waals surface area contributed by atoms with Gasteiger partial charge in [0, 0.05) is 68.0 Å². The van der Waals surface area contributed by atoms with Crippen LogP contribution in [-0.4, -0.2) is 51.1 Å². The number of nitrogens with two attached hydrogens (primary N) is 1. The van der Waals surface area contributed by atoms with Crippen LogP contribution in [0.3, 0.4) is 0 Å². The minimum absolute atomic E-state index is 0.0342. The second-order valence-corrected chi connectivity index (χ2v) is 7.89. The van der Waals surface area contributed by atoms with Gasteiger partial charge >= 0.3 is 0 Å². The smallest absolute Gasteiger partial charge is 0.132 e. The van der Waals surface area contributed by atoms with Crippen molar-refractivity contribution < 1.29 is 9.23 Å². The predicted octanol–water partition coefficient (Wildman–Crippen LogP) is 1.62. The van der Waals surface area contributed by atoms with Gasteiger partial charge in [-0.05, 0) is 11.6 Å². The first kappa shape index (κ1) is 19.6. The molecule has 9 nitrogen and oxygen atoms in total. The van der Waals surface area contributed by atoms with Crippen molar-refractivity contribution in [2.45, 2.75) is 18.9 Å². The summed E-state index contributed by atoms with van der Waals surface area (Å²) >= 11 is 0. The van der Waals surface area contributed by atoms with Crippen molar-refractivity contribution in [2.75, 3.05) is 24.5 Å². The van der Waals surface area contributed by atoms with E-state index in [9.17, 15) is 4.39 Å². The Morgan fingerprint density at radius 2 is 2.26 bits per heavy atom. The Bertz CT molecular complexity index is 1150. The molecule has 160 valence electrons. The number of halogens is 1. The van der Waals surface area contributed by atoms with Gasteiger partial charge in [0.15, 0.2) is 0 Å². The van der Waals surface area contributed by atoms with Gasteiger partial charge in [0.05, 0.1) is 24.1 Å². The summed E-state index contributed by atoms with van der Waals surface area (Å²) in [5.74, 6) is 1.45. The van der Waals surface area contributed by atoms with E-state index in [1.807, 2.05) is 0 Å². The highest BCUT2D eigenvalue weighted by Crippen LogP contribution is 2.32. The third-order valence-electron chi connectivity index (χ3n) is 5.79. The van der Waals surface area contributed by atoms with Gasteiger partial charge < -0.3 is 15.5 Å². The number of rotatable bonds is 4. The Balaban J connectivity index is 1.43. The van der Waals surface area contributed by atoms with Crippen LogP contribution in [0, 0.1) is 5.41 Å². The standard InChI is InChI=1S/C21H23FN8O/c1-29-9-12(7-27-29)14-4-15(17(23)5-16(14)22)21(24)18-6-20(26-11-25-18)30-3-2-19-13(10-30)8-28-31-19/h4,6-7,9,11,17,24,28H,2-3,5,8,10,23H2,1H3. The monoisotopic (exact) mass is 422 g/mol. The van der Waals surface area contributed by atoms with Gasteiger partial charge in [-0.2, -0.15) is 10.6 Å². The van der Waals surface area contributed by atoms with Crippen LogP contribution in [0.4, 0.5) is 10.2 Å². The average Bonchev–Trinajstić information content (AvgIpc) is 3.41. The van der Waals surface area contributed by atoms with Crippen LogP contribution in [0.5, 0.6) is 0 Å². The largest absolute Gasteiger partial charge is 0.413 e. The lowest BCUT2D eigenvalue weighted by Crippen LogP contribution is -2.33. The van der Waals surface area contributed by atoms with Crippen molar-refractivity contribution in [1.29, 1.82) is 5.41 Å². The minimum atomic E-state index is -0.615. The Kier molecular flexibility index (Phi) is 4.87. The highest BCUT2D eigenvalue weighted by atomic mass is 19.1. The first-order valence-electron chi connectivity index (χ1n) is 10.1. The highest BCUT2D eigenvalue weighted by molar-refractivity contribution is 6.12. The second kappa shape index (κ2) is 7.71. The summed E-state index contributed by atoms with van der Waals surface area (Å²) in [6, 6.07) is 1.18. The zero-order valence-corrected chi connectivity index (χ0v) is 17.1. The van der Waals surface area contributed by atoms with Crippen molar-refractivity contribution in [3.8, 4) is 0 Å². The van der Waals surface area contributed by atoms with Gasteiger partial charge in [-0.25, -0.2) is 14.4 Å². The molecule has 1 aliphatic carbocycles. The molecule has 1 unspecified atom stereocenters. The molecule has 0 bridgehead atoms. The van der Waals surface area contributed by atoms with Gasteiger partial charge in [0.25, 0.3) is 0 Å². The number of aromatic nitrogens is 4. The third kappa shape index (κ3) is 3.64. The Labute approximate surface area is 178 Å². The van der Waals surface area contributed by atoms with Gasteiger partial charge in [-0.3, -0.25) is 10.1 Å². The van der Waals surface area contributed by atoms with Crippen molar-refractivity contribution in [3.05, 3.63) is 64.9 Å². The van der Waals surface area contributed by atoms with Crippen LogP contribution in [-0.2, 0) is 11.9 Å². The lowest BCUT2D eigenvalue weighted by Gasteiger charge is -2.28. The number of hydrogen-bond donors (Lipinski definition) is 3. The molecule has 1 atom stereocenters. The molecule has 4 heterocycles. The van der Waals surface area contributed by atoms with Crippen molar-refractivity contribution >= 4 is 17.1 Å². The molecule has 5 rings (SSSR count). The number of nitrogens with one attached hydrogen (secondary N) is 2. The molecule has 3 aliphatic rings. The molecule has 0 amide bonds. The molecule has 2 aromatic rings. The van der Waals surface area contributed by atoms with Crippen molar-refractivity contribution in [2.24, 2.45) is 12.8 Å². The Morgan fingerprint density at radius 3 is 3.06 bits per heavy atom. The zero-order valence-electron chi connectivity index (χ0n) is 17.1. The van der Waals surface area contributed by atoms with E-state index in [4.69, 9.17) is 16.0 Å². The highest BCUT2D eigenvalue weighted by Gasteiger charge is 2.28. The number of hydroxylamine groups is 1. The average molecular weight is 422 g/mol. The molecule has 0 aromatic carbocycles. The lowest BCUT2D eigenvalue weighted by atomic mass is 9.88. The number of aryl methyl sites for hydroxylation is 1. The topological polar surface area (TPSA) is 118 Å². The van der Waals surface area contributed by atoms with Crippen LogP contribution >= 0.6 is 0 Å². The van der Waals surface area contributed by atoms with Crippen molar-refractivity contribution in [3.63, 3.8) is 0 Å². The van der Waals surface area contributed by atoms with Crippen LogP contribution in [0.25, 0.3) is 5.57 Å². The van der Waals surface area contributed by atoms with E-state index in [0.29, 0.717) is 35.5 Å². The third-order valence-corrected chi connectivity index (χ3v) is 5.79. The summed E-state index contributed by atoms with van der Waals surface area (Å²) < 4.78 is 16.3. The van der Waals surface area contributed by atoms with Crippen LogP contribution in [0.15, 0.2) is 53.6 Å².